The number of nitrogens with zero attached hydrogens (tertiary/aromatic N) is 2. The number of methoxy groups -OCH3 is 2. The summed E-state index contributed by atoms with van der Waals surface area (Å²) in [5, 5.41) is 5.41. The van der Waals surface area contributed by atoms with Crippen molar-refractivity contribution in [2.75, 3.05) is 39.2 Å². The fourth-order valence-electron chi connectivity index (χ4n) is 3.77. The molecule has 1 aromatic heterocycles. The number of hydrogen-bond donors (Lipinski definition) is 1. The van der Waals surface area contributed by atoms with Crippen LogP contribution in [0.2, 0.25) is 10.0 Å². The summed E-state index contributed by atoms with van der Waals surface area (Å²) in [4.78, 5) is 30.9. The minimum absolute atomic E-state index is 0.0704. The third-order valence-corrected chi connectivity index (χ3v) is 7.19. The molecule has 0 bridgehead atoms. The van der Waals surface area contributed by atoms with Gasteiger partial charge in [0.15, 0.2) is 11.5 Å². The Kier molecular flexibility index (Phi) is 10.9. The average Bonchev–Trinajstić information content (AvgIpc) is 3.41. The topological polar surface area (TPSA) is 71.1 Å². The molecule has 2 aromatic carbocycles. The predicted octanol–water partition coefficient (Wildman–Crippen LogP) is 6.59. The van der Waals surface area contributed by atoms with Crippen molar-refractivity contribution in [3.05, 3.63) is 74.4 Å². The van der Waals surface area contributed by atoms with Crippen molar-refractivity contribution in [3.63, 3.8) is 0 Å². The highest BCUT2D eigenvalue weighted by molar-refractivity contribution is 7.09. The van der Waals surface area contributed by atoms with Crippen LogP contribution in [0.3, 0.4) is 0 Å². The molecule has 1 heterocycles. The van der Waals surface area contributed by atoms with Crippen LogP contribution in [0.15, 0.2) is 53.9 Å². The number of carbonyl (C=O) groups excluding carboxylic acids is 2. The molecule has 198 valence electrons. The first-order chi connectivity index (χ1) is 17.9. The van der Waals surface area contributed by atoms with Gasteiger partial charge in [-0.25, -0.2) is 4.79 Å². The van der Waals surface area contributed by atoms with Gasteiger partial charge in [0.1, 0.15) is 6.54 Å². The van der Waals surface area contributed by atoms with E-state index in [-0.39, 0.29) is 12.5 Å². The molecule has 0 aliphatic heterocycles. The van der Waals surface area contributed by atoms with Gasteiger partial charge in [0, 0.05) is 18.0 Å². The smallest absolute Gasteiger partial charge is 0.322 e. The van der Waals surface area contributed by atoms with Gasteiger partial charge >= 0.3 is 6.03 Å². The summed E-state index contributed by atoms with van der Waals surface area (Å²) in [5.41, 5.74) is 1.34. The van der Waals surface area contributed by atoms with Gasteiger partial charge in [0.25, 0.3) is 0 Å². The van der Waals surface area contributed by atoms with Crippen molar-refractivity contribution >= 4 is 52.2 Å². The maximum absolute atomic E-state index is 13.5. The Bertz CT molecular complexity index is 1170. The normalized spacial score (nSPS) is 10.6. The zero-order valence-electron chi connectivity index (χ0n) is 21.1. The molecule has 0 atom stereocenters. The van der Waals surface area contributed by atoms with Crippen LogP contribution in [-0.2, 0) is 17.8 Å². The third kappa shape index (κ3) is 8.02. The van der Waals surface area contributed by atoms with E-state index in [9.17, 15) is 9.59 Å². The molecule has 37 heavy (non-hydrogen) atoms. The number of hydrogen-bond acceptors (Lipinski definition) is 5. The van der Waals surface area contributed by atoms with Gasteiger partial charge in [0.2, 0.25) is 5.91 Å². The van der Waals surface area contributed by atoms with Crippen LogP contribution in [0.25, 0.3) is 0 Å². The number of benzene rings is 2. The first-order valence-corrected chi connectivity index (χ1v) is 13.5. The van der Waals surface area contributed by atoms with Crippen LogP contribution in [-0.4, -0.2) is 55.6 Å². The highest BCUT2D eigenvalue weighted by Crippen LogP contribution is 2.30. The van der Waals surface area contributed by atoms with E-state index in [0.717, 1.165) is 10.4 Å². The second kappa shape index (κ2) is 14.1. The number of urea groups is 1. The van der Waals surface area contributed by atoms with Gasteiger partial charge in [-0.1, -0.05) is 48.3 Å². The van der Waals surface area contributed by atoms with Crippen LogP contribution in [0.5, 0.6) is 11.5 Å². The average molecular weight is 565 g/mol. The van der Waals surface area contributed by atoms with Crippen molar-refractivity contribution in [1.82, 2.24) is 9.80 Å². The lowest BCUT2D eigenvalue weighted by Gasteiger charge is -2.28. The number of ether oxygens (including phenoxy) is 2. The lowest BCUT2D eigenvalue weighted by atomic mass is 10.1. The Balaban J connectivity index is 1.74. The van der Waals surface area contributed by atoms with Gasteiger partial charge < -0.3 is 24.6 Å². The van der Waals surface area contributed by atoms with Gasteiger partial charge in [0.05, 0.1) is 36.5 Å². The monoisotopic (exact) mass is 563 g/mol. The Morgan fingerprint density at radius 1 is 0.946 bits per heavy atom. The summed E-state index contributed by atoms with van der Waals surface area (Å²) in [6.45, 7) is 3.22. The van der Waals surface area contributed by atoms with Crippen LogP contribution < -0.4 is 14.8 Å². The lowest BCUT2D eigenvalue weighted by molar-refractivity contribution is -0.132. The van der Waals surface area contributed by atoms with Crippen molar-refractivity contribution in [2.45, 2.75) is 26.3 Å². The number of carbonyl (C=O) groups is 2. The van der Waals surface area contributed by atoms with E-state index >= 15 is 0 Å². The van der Waals surface area contributed by atoms with Crippen molar-refractivity contribution in [1.29, 1.82) is 0 Å². The molecule has 10 heteroatoms. The molecule has 0 aliphatic rings. The summed E-state index contributed by atoms with van der Waals surface area (Å²) in [5.74, 6) is 1.14. The number of thiophene rings is 1. The Labute approximate surface area is 231 Å². The molecule has 7 nitrogen and oxygen atoms in total. The maximum atomic E-state index is 13.5. The molecule has 0 fully saturated rings. The minimum atomic E-state index is -0.429. The minimum Gasteiger partial charge on any atom is -0.493 e. The van der Waals surface area contributed by atoms with E-state index < -0.39 is 6.03 Å². The molecule has 0 radical (unpaired) electrons. The molecule has 0 unspecified atom stereocenters. The SMILES string of the molecule is CCCN(CC(=O)N(CCc1ccc(OC)c(OC)c1)Cc1cccs1)C(=O)Nc1c(Cl)cccc1Cl. The molecular weight excluding hydrogens is 533 g/mol. The largest absolute Gasteiger partial charge is 0.493 e. The maximum Gasteiger partial charge on any atom is 0.322 e. The zero-order chi connectivity index (χ0) is 26.8. The molecule has 3 amide bonds. The standard InChI is InChI=1S/C27H31Cl2N3O4S/c1-4-13-32(27(34)30-26-21(28)8-5-9-22(26)29)18-25(33)31(17-20-7-6-15-37-20)14-12-19-10-11-23(35-2)24(16-19)36-3/h5-11,15-16H,4,12-14,17-18H2,1-3H3,(H,30,34). The lowest BCUT2D eigenvalue weighted by Crippen LogP contribution is -2.45. The summed E-state index contributed by atoms with van der Waals surface area (Å²) < 4.78 is 10.7. The van der Waals surface area contributed by atoms with Crippen LogP contribution in [0, 0.1) is 0 Å². The molecule has 3 aromatic rings. The number of nitrogens with one attached hydrogen (secondary N) is 1. The van der Waals surface area contributed by atoms with Crippen molar-refractivity contribution < 1.29 is 19.1 Å². The number of amides is 3. The van der Waals surface area contributed by atoms with Crippen molar-refractivity contribution in [2.24, 2.45) is 0 Å². The molecule has 0 saturated heterocycles. The van der Waals surface area contributed by atoms with Crippen LogP contribution >= 0.6 is 34.5 Å². The first-order valence-electron chi connectivity index (χ1n) is 11.9. The second-order valence-electron chi connectivity index (χ2n) is 8.28. The quantitative estimate of drug-likeness (QED) is 0.270. The van der Waals surface area contributed by atoms with Gasteiger partial charge in [-0.3, -0.25) is 4.79 Å². The Morgan fingerprint density at radius 2 is 1.68 bits per heavy atom. The molecule has 0 saturated carbocycles. The number of para-hydroxylation sites is 1. The Morgan fingerprint density at radius 3 is 2.30 bits per heavy atom. The van der Waals surface area contributed by atoms with E-state index in [1.807, 2.05) is 42.6 Å². The van der Waals surface area contributed by atoms with Gasteiger partial charge in [-0.2, -0.15) is 0 Å². The second-order valence-corrected chi connectivity index (χ2v) is 10.1. The summed E-state index contributed by atoms with van der Waals surface area (Å²) in [6.07, 6.45) is 1.31. The molecule has 0 aliphatic carbocycles. The number of anilines is 1. The van der Waals surface area contributed by atoms with Gasteiger partial charge in [-0.15, -0.1) is 11.3 Å². The first kappa shape index (κ1) is 28.6. The van der Waals surface area contributed by atoms with E-state index in [1.165, 1.54) is 4.90 Å². The highest BCUT2D eigenvalue weighted by Gasteiger charge is 2.23. The molecule has 1 N–H and O–H groups in total. The zero-order valence-corrected chi connectivity index (χ0v) is 23.5. The summed E-state index contributed by atoms with van der Waals surface area (Å²) in [6, 6.07) is 14.3. The van der Waals surface area contributed by atoms with E-state index in [2.05, 4.69) is 5.32 Å². The van der Waals surface area contributed by atoms with E-state index in [4.69, 9.17) is 32.7 Å². The van der Waals surface area contributed by atoms with Crippen molar-refractivity contribution in [3.8, 4) is 11.5 Å². The van der Waals surface area contributed by atoms with Gasteiger partial charge in [-0.05, 0) is 54.1 Å². The van der Waals surface area contributed by atoms with E-state index in [0.29, 0.717) is 59.7 Å². The number of halogens is 2. The third-order valence-electron chi connectivity index (χ3n) is 5.70. The Hall–Kier alpha value is -2.94. The molecule has 0 spiro atoms. The van der Waals surface area contributed by atoms with Crippen LogP contribution in [0.1, 0.15) is 23.8 Å². The van der Waals surface area contributed by atoms with Crippen LogP contribution in [0.4, 0.5) is 10.5 Å². The predicted molar refractivity (Wildman–Crippen MR) is 150 cm³/mol. The molecular formula is C27H31Cl2N3O4S. The summed E-state index contributed by atoms with van der Waals surface area (Å²) >= 11 is 14.0. The van der Waals surface area contributed by atoms with E-state index in [1.54, 1.807) is 48.7 Å². The fraction of sp³-hybridized carbons (Fsp3) is 0.333. The molecule has 3 rings (SSSR count). The fourth-order valence-corrected chi connectivity index (χ4v) is 4.98. The number of rotatable bonds is 12. The summed E-state index contributed by atoms with van der Waals surface area (Å²) in [7, 11) is 3.19. The highest BCUT2D eigenvalue weighted by atomic mass is 35.5.